The van der Waals surface area contributed by atoms with Crippen LogP contribution in [0.25, 0.3) is 0 Å². The third-order valence-corrected chi connectivity index (χ3v) is 4.86. The van der Waals surface area contributed by atoms with E-state index in [1.807, 2.05) is 6.92 Å². The number of nitrogens with one attached hydrogen (secondary N) is 1. The highest BCUT2D eigenvalue weighted by atomic mass is 32.2. The van der Waals surface area contributed by atoms with Crippen LogP contribution in [0.5, 0.6) is 0 Å². The van der Waals surface area contributed by atoms with Crippen LogP contribution >= 0.6 is 0 Å². The van der Waals surface area contributed by atoms with Gasteiger partial charge in [-0.3, -0.25) is 5.10 Å². The number of H-pyrrole nitrogens is 1. The smallest absolute Gasteiger partial charge is 0.214 e. The lowest BCUT2D eigenvalue weighted by Gasteiger charge is -2.33. The number of aromatic nitrogens is 2. The van der Waals surface area contributed by atoms with Crippen molar-refractivity contribution in [2.24, 2.45) is 0 Å². The summed E-state index contributed by atoms with van der Waals surface area (Å²) in [6.45, 7) is 3.11. The summed E-state index contributed by atoms with van der Waals surface area (Å²) in [5.74, 6) is 0.178. The van der Waals surface area contributed by atoms with Gasteiger partial charge in [-0.25, -0.2) is 8.42 Å². The van der Waals surface area contributed by atoms with Crippen molar-refractivity contribution in [2.45, 2.75) is 19.4 Å². The largest absolute Gasteiger partial charge is 0.378 e. The Morgan fingerprint density at radius 2 is 2.47 bits per heavy atom. The van der Waals surface area contributed by atoms with Crippen LogP contribution < -0.4 is 0 Å². The van der Waals surface area contributed by atoms with Crippen molar-refractivity contribution >= 4 is 10.0 Å². The summed E-state index contributed by atoms with van der Waals surface area (Å²) in [7, 11) is -3.20. The lowest BCUT2D eigenvalue weighted by molar-refractivity contribution is 0.0306. The van der Waals surface area contributed by atoms with E-state index < -0.39 is 10.0 Å². The molecule has 0 bridgehead atoms. The Kier molecular flexibility index (Phi) is 3.80. The van der Waals surface area contributed by atoms with E-state index in [1.165, 1.54) is 4.31 Å². The molecule has 1 aromatic heterocycles. The van der Waals surface area contributed by atoms with Crippen molar-refractivity contribution in [3.05, 3.63) is 18.0 Å². The first-order valence-corrected chi connectivity index (χ1v) is 7.32. The highest BCUT2D eigenvalue weighted by Crippen LogP contribution is 2.25. The molecule has 2 rings (SSSR count). The van der Waals surface area contributed by atoms with E-state index >= 15 is 0 Å². The lowest BCUT2D eigenvalue weighted by atomic mass is 10.2. The zero-order chi connectivity index (χ0) is 12.3. The molecule has 0 spiro atoms. The first-order valence-electron chi connectivity index (χ1n) is 5.71. The van der Waals surface area contributed by atoms with Crippen LogP contribution in [-0.2, 0) is 14.8 Å². The fourth-order valence-electron chi connectivity index (χ4n) is 1.99. The molecule has 1 atom stereocenters. The first kappa shape index (κ1) is 12.5. The van der Waals surface area contributed by atoms with Gasteiger partial charge in [0.25, 0.3) is 0 Å². The third-order valence-electron chi connectivity index (χ3n) is 2.78. The zero-order valence-corrected chi connectivity index (χ0v) is 10.6. The summed E-state index contributed by atoms with van der Waals surface area (Å²) >= 11 is 0. The van der Waals surface area contributed by atoms with Gasteiger partial charge in [0.1, 0.15) is 0 Å². The Morgan fingerprint density at radius 3 is 3.12 bits per heavy atom. The molecule has 96 valence electrons. The number of rotatable bonds is 4. The maximum Gasteiger partial charge on any atom is 0.214 e. The number of ether oxygens (including phenoxy) is 1. The standard InChI is InChI=1S/C10H17N3O3S/c1-2-7-17(14,15)13-5-6-16-8-10(13)9-3-4-11-12-9/h3-4,10H,2,5-8H2,1H3,(H,11,12). The van der Waals surface area contributed by atoms with Gasteiger partial charge in [0, 0.05) is 12.7 Å². The van der Waals surface area contributed by atoms with Crippen LogP contribution in [0.3, 0.4) is 0 Å². The minimum absolute atomic E-state index is 0.178. The highest BCUT2D eigenvalue weighted by Gasteiger charge is 2.33. The molecule has 0 radical (unpaired) electrons. The summed E-state index contributed by atoms with van der Waals surface area (Å²) < 4.78 is 31.1. The van der Waals surface area contributed by atoms with Gasteiger partial charge in [0.2, 0.25) is 10.0 Å². The van der Waals surface area contributed by atoms with Crippen molar-refractivity contribution in [2.75, 3.05) is 25.5 Å². The van der Waals surface area contributed by atoms with Gasteiger partial charge in [-0.1, -0.05) is 6.92 Å². The van der Waals surface area contributed by atoms with Crippen LogP contribution in [0, 0.1) is 0 Å². The second kappa shape index (κ2) is 5.16. The molecule has 1 aromatic rings. The predicted molar refractivity (Wildman–Crippen MR) is 62.9 cm³/mol. The second-order valence-corrected chi connectivity index (χ2v) is 6.07. The molecule has 2 heterocycles. The van der Waals surface area contributed by atoms with Crippen LogP contribution in [0.2, 0.25) is 0 Å². The molecule has 0 amide bonds. The van der Waals surface area contributed by atoms with Crippen molar-refractivity contribution in [3.8, 4) is 0 Å². The fraction of sp³-hybridized carbons (Fsp3) is 0.700. The topological polar surface area (TPSA) is 75.3 Å². The average Bonchev–Trinajstić information content (AvgIpc) is 2.82. The van der Waals surface area contributed by atoms with Crippen molar-refractivity contribution in [1.82, 2.24) is 14.5 Å². The maximum absolute atomic E-state index is 12.1. The van der Waals surface area contributed by atoms with Crippen LogP contribution in [0.15, 0.2) is 12.3 Å². The molecule has 1 saturated heterocycles. The van der Waals surface area contributed by atoms with Crippen molar-refractivity contribution in [1.29, 1.82) is 0 Å². The summed E-state index contributed by atoms with van der Waals surface area (Å²) in [5, 5.41) is 6.67. The van der Waals surface area contributed by atoms with E-state index in [-0.39, 0.29) is 11.8 Å². The average molecular weight is 259 g/mol. The number of aromatic amines is 1. The van der Waals surface area contributed by atoms with E-state index in [2.05, 4.69) is 10.2 Å². The van der Waals surface area contributed by atoms with E-state index in [9.17, 15) is 8.42 Å². The number of hydrogen-bond donors (Lipinski definition) is 1. The zero-order valence-electron chi connectivity index (χ0n) is 9.80. The molecule has 6 nitrogen and oxygen atoms in total. The Bertz CT molecular complexity index is 443. The van der Waals surface area contributed by atoms with E-state index in [0.717, 1.165) is 5.69 Å². The summed E-state index contributed by atoms with van der Waals surface area (Å²) in [6.07, 6.45) is 2.24. The van der Waals surface area contributed by atoms with Crippen LogP contribution in [-0.4, -0.2) is 48.4 Å². The van der Waals surface area contributed by atoms with Gasteiger partial charge >= 0.3 is 0 Å². The van der Waals surface area contributed by atoms with Crippen molar-refractivity contribution in [3.63, 3.8) is 0 Å². The van der Waals surface area contributed by atoms with Gasteiger partial charge in [-0.05, 0) is 12.5 Å². The fourth-order valence-corrected chi connectivity index (χ4v) is 3.66. The normalized spacial score (nSPS) is 22.8. The van der Waals surface area contributed by atoms with Gasteiger partial charge in [0.05, 0.1) is 30.7 Å². The predicted octanol–water partition coefficient (Wildman–Crippen LogP) is 0.523. The summed E-state index contributed by atoms with van der Waals surface area (Å²) in [4.78, 5) is 0. The second-order valence-electron chi connectivity index (χ2n) is 4.03. The molecule has 0 saturated carbocycles. The first-order chi connectivity index (χ1) is 8.15. The number of nitrogens with zero attached hydrogens (tertiary/aromatic N) is 2. The molecular weight excluding hydrogens is 242 g/mol. The van der Waals surface area contributed by atoms with Gasteiger partial charge in [-0.2, -0.15) is 9.40 Å². The molecule has 7 heteroatoms. The Balaban J connectivity index is 2.24. The minimum atomic E-state index is -3.20. The van der Waals surface area contributed by atoms with Gasteiger partial charge < -0.3 is 4.74 Å². The Hall–Kier alpha value is -0.920. The quantitative estimate of drug-likeness (QED) is 0.855. The molecule has 1 unspecified atom stereocenters. The van der Waals surface area contributed by atoms with Crippen LogP contribution in [0.4, 0.5) is 0 Å². The lowest BCUT2D eigenvalue weighted by Crippen LogP contribution is -2.44. The monoisotopic (exact) mass is 259 g/mol. The van der Waals surface area contributed by atoms with Crippen molar-refractivity contribution < 1.29 is 13.2 Å². The van der Waals surface area contributed by atoms with Crippen LogP contribution in [0.1, 0.15) is 25.1 Å². The molecule has 1 aliphatic rings. The summed E-state index contributed by atoms with van der Waals surface area (Å²) in [6, 6.07) is 1.51. The Morgan fingerprint density at radius 1 is 1.65 bits per heavy atom. The summed E-state index contributed by atoms with van der Waals surface area (Å²) in [5.41, 5.74) is 0.782. The molecule has 0 aliphatic carbocycles. The molecule has 1 aliphatic heterocycles. The molecule has 0 aromatic carbocycles. The maximum atomic E-state index is 12.1. The third kappa shape index (κ3) is 2.67. The molecule has 1 fully saturated rings. The number of hydrogen-bond acceptors (Lipinski definition) is 4. The molecular formula is C10H17N3O3S. The van der Waals surface area contributed by atoms with E-state index in [1.54, 1.807) is 12.3 Å². The number of sulfonamides is 1. The van der Waals surface area contributed by atoms with E-state index in [4.69, 9.17) is 4.74 Å². The molecule has 1 N–H and O–H groups in total. The molecule has 17 heavy (non-hydrogen) atoms. The van der Waals surface area contributed by atoms with Gasteiger partial charge in [0.15, 0.2) is 0 Å². The number of morpholine rings is 1. The van der Waals surface area contributed by atoms with E-state index in [0.29, 0.717) is 26.2 Å². The minimum Gasteiger partial charge on any atom is -0.378 e. The Labute approximate surface area is 101 Å². The van der Waals surface area contributed by atoms with Gasteiger partial charge in [-0.15, -0.1) is 0 Å². The highest BCUT2D eigenvalue weighted by molar-refractivity contribution is 7.89. The SMILES string of the molecule is CCCS(=O)(=O)N1CCOCC1c1ccn[nH]1.